The van der Waals surface area contributed by atoms with E-state index in [4.69, 9.17) is 4.74 Å². The molecule has 2 heterocycles. The molecule has 7 nitrogen and oxygen atoms in total. The van der Waals surface area contributed by atoms with Gasteiger partial charge in [-0.15, -0.1) is 0 Å². The fraction of sp³-hybridized carbons (Fsp3) is 0.900. The molecule has 1 amide bonds. The number of ether oxygens (including phenoxy) is 1. The highest BCUT2D eigenvalue weighted by Gasteiger charge is 2.59. The Bertz CT molecular complexity index is 555. The second-order valence-corrected chi connectivity index (χ2v) is 8.99. The van der Waals surface area contributed by atoms with Crippen molar-refractivity contribution in [2.24, 2.45) is 16.3 Å². The van der Waals surface area contributed by atoms with Crippen LogP contribution in [0.15, 0.2) is 4.99 Å². The number of likely N-dealkylation sites (tertiary alicyclic amines) is 1. The molecule has 0 aromatic rings. The molecule has 27 heavy (non-hydrogen) atoms. The summed E-state index contributed by atoms with van der Waals surface area (Å²) in [6, 6.07) is 0.827. The maximum atomic E-state index is 11.9. The fourth-order valence-corrected chi connectivity index (χ4v) is 4.82. The Balaban J connectivity index is 1.50. The second kappa shape index (κ2) is 8.35. The zero-order valence-corrected chi connectivity index (χ0v) is 17.6. The van der Waals surface area contributed by atoms with Gasteiger partial charge in [-0.1, -0.05) is 13.8 Å². The maximum Gasteiger partial charge on any atom is 0.236 e. The highest BCUT2D eigenvalue weighted by Crippen LogP contribution is 2.52. The Morgan fingerprint density at radius 2 is 1.93 bits per heavy atom. The highest BCUT2D eigenvalue weighted by molar-refractivity contribution is 5.81. The minimum Gasteiger partial charge on any atom is -0.377 e. The number of piperidine rings is 1. The molecular formula is C20H37N5O2. The summed E-state index contributed by atoms with van der Waals surface area (Å²) in [6.45, 7) is 10.7. The molecule has 1 saturated carbocycles. The van der Waals surface area contributed by atoms with Crippen LogP contribution in [0.3, 0.4) is 0 Å². The van der Waals surface area contributed by atoms with Gasteiger partial charge in [0.2, 0.25) is 5.91 Å². The van der Waals surface area contributed by atoms with E-state index in [0.29, 0.717) is 30.7 Å². The number of amides is 1. The molecule has 0 spiro atoms. The Labute approximate surface area is 163 Å². The number of hydrogen-bond acceptors (Lipinski definition) is 4. The van der Waals surface area contributed by atoms with Crippen molar-refractivity contribution < 1.29 is 9.53 Å². The molecule has 7 heteroatoms. The first kappa shape index (κ1) is 20.4. The zero-order chi connectivity index (χ0) is 19.6. The van der Waals surface area contributed by atoms with Gasteiger partial charge in [0.05, 0.1) is 12.6 Å². The molecule has 3 atom stereocenters. The van der Waals surface area contributed by atoms with E-state index in [1.54, 1.807) is 4.90 Å². The van der Waals surface area contributed by atoms with Crippen molar-refractivity contribution in [2.45, 2.75) is 58.2 Å². The summed E-state index contributed by atoms with van der Waals surface area (Å²) in [4.78, 5) is 20.5. The largest absolute Gasteiger partial charge is 0.377 e. The number of fused-ring (bicyclic) bond motifs is 1. The monoisotopic (exact) mass is 379 g/mol. The molecule has 0 bridgehead atoms. The van der Waals surface area contributed by atoms with E-state index in [2.05, 4.69) is 41.3 Å². The maximum absolute atomic E-state index is 11.9. The summed E-state index contributed by atoms with van der Waals surface area (Å²) in [6.07, 6.45) is 3.60. The molecule has 1 aliphatic carbocycles. The van der Waals surface area contributed by atoms with E-state index >= 15 is 0 Å². The van der Waals surface area contributed by atoms with Crippen LogP contribution in [0.2, 0.25) is 0 Å². The van der Waals surface area contributed by atoms with Crippen molar-refractivity contribution >= 4 is 11.9 Å². The van der Waals surface area contributed by atoms with E-state index in [0.717, 1.165) is 51.5 Å². The van der Waals surface area contributed by atoms with Crippen LogP contribution < -0.4 is 10.6 Å². The highest BCUT2D eigenvalue weighted by atomic mass is 16.5. The molecular weight excluding hydrogens is 342 g/mol. The average Bonchev–Trinajstić information content (AvgIpc) is 3.08. The minimum atomic E-state index is 0.146. The van der Waals surface area contributed by atoms with Crippen molar-refractivity contribution in [3.63, 3.8) is 0 Å². The minimum absolute atomic E-state index is 0.146. The third kappa shape index (κ3) is 4.40. The van der Waals surface area contributed by atoms with Crippen molar-refractivity contribution in [1.82, 2.24) is 20.4 Å². The number of carbonyl (C=O) groups is 1. The number of rotatable bonds is 5. The third-order valence-corrected chi connectivity index (χ3v) is 6.50. The van der Waals surface area contributed by atoms with Crippen LogP contribution >= 0.6 is 0 Å². The van der Waals surface area contributed by atoms with Crippen molar-refractivity contribution in [3.05, 3.63) is 0 Å². The zero-order valence-electron chi connectivity index (χ0n) is 17.6. The number of carbonyl (C=O) groups excluding carboxylic acids is 1. The van der Waals surface area contributed by atoms with Crippen LogP contribution in [0.4, 0.5) is 0 Å². The smallest absolute Gasteiger partial charge is 0.236 e. The summed E-state index contributed by atoms with van der Waals surface area (Å²) in [5.41, 5.74) is 0.146. The van der Waals surface area contributed by atoms with Crippen molar-refractivity contribution in [3.8, 4) is 0 Å². The molecule has 3 rings (SSSR count). The summed E-state index contributed by atoms with van der Waals surface area (Å²) >= 11 is 0. The Morgan fingerprint density at radius 3 is 2.56 bits per heavy atom. The summed E-state index contributed by atoms with van der Waals surface area (Å²) < 4.78 is 5.91. The lowest BCUT2D eigenvalue weighted by molar-refractivity contribution is -0.130. The van der Waals surface area contributed by atoms with E-state index in [-0.39, 0.29) is 11.3 Å². The van der Waals surface area contributed by atoms with Gasteiger partial charge in [-0.3, -0.25) is 14.7 Å². The molecule has 0 radical (unpaired) electrons. The van der Waals surface area contributed by atoms with Crippen LogP contribution in [0, 0.1) is 11.3 Å². The van der Waals surface area contributed by atoms with E-state index < -0.39 is 0 Å². The third-order valence-electron chi connectivity index (χ3n) is 6.50. The van der Waals surface area contributed by atoms with Crippen LogP contribution in [0.1, 0.15) is 40.0 Å². The molecule has 2 N–H and O–H groups in total. The first-order chi connectivity index (χ1) is 12.8. The summed E-state index contributed by atoms with van der Waals surface area (Å²) in [5, 5.41) is 7.35. The standard InChI is InChI=1S/C20H37N5O2/c1-6-21-19(23-17-15-9-12-27-18(15)20(17,2)3)22-14-7-10-25(11-8-14)13-16(26)24(4)5/h14-15,17-18H,6-13H2,1-5H3,(H2,21,22,23). The Hall–Kier alpha value is -1.34. The molecule has 0 aromatic heterocycles. The number of nitrogens with zero attached hydrogens (tertiary/aromatic N) is 3. The molecule has 0 aromatic carbocycles. The topological polar surface area (TPSA) is 69.2 Å². The van der Waals surface area contributed by atoms with Crippen LogP contribution in [0.25, 0.3) is 0 Å². The normalized spacial score (nSPS) is 31.1. The molecule has 3 unspecified atom stereocenters. The van der Waals surface area contributed by atoms with Crippen LogP contribution in [-0.4, -0.2) is 86.7 Å². The van der Waals surface area contributed by atoms with Gasteiger partial charge < -0.3 is 20.3 Å². The van der Waals surface area contributed by atoms with Gasteiger partial charge in [-0.2, -0.15) is 0 Å². The summed E-state index contributed by atoms with van der Waals surface area (Å²) in [7, 11) is 3.63. The predicted molar refractivity (Wildman–Crippen MR) is 108 cm³/mol. The average molecular weight is 380 g/mol. The Morgan fingerprint density at radius 1 is 1.22 bits per heavy atom. The lowest BCUT2D eigenvalue weighted by Gasteiger charge is -2.55. The number of hydrogen-bond donors (Lipinski definition) is 2. The van der Waals surface area contributed by atoms with Gasteiger partial charge in [0.15, 0.2) is 5.96 Å². The molecule has 3 aliphatic rings. The molecule has 3 fully saturated rings. The van der Waals surface area contributed by atoms with Gasteiger partial charge in [-0.05, 0) is 26.2 Å². The van der Waals surface area contributed by atoms with E-state index in [1.165, 1.54) is 0 Å². The SMILES string of the molecule is CCN=C(NC1CCN(CC(=O)N(C)C)CC1)NC1C2CCOC2C1(C)C. The number of aliphatic imine (C=N–C) groups is 1. The van der Waals surface area contributed by atoms with Crippen LogP contribution in [-0.2, 0) is 9.53 Å². The van der Waals surface area contributed by atoms with Crippen molar-refractivity contribution in [1.29, 1.82) is 0 Å². The number of guanidine groups is 1. The van der Waals surface area contributed by atoms with Gasteiger partial charge in [-0.25, -0.2) is 0 Å². The molecule has 2 aliphatic heterocycles. The first-order valence-corrected chi connectivity index (χ1v) is 10.4. The lowest BCUT2D eigenvalue weighted by Crippen LogP contribution is -2.68. The molecule has 2 saturated heterocycles. The number of nitrogens with one attached hydrogen (secondary N) is 2. The van der Waals surface area contributed by atoms with Crippen molar-refractivity contribution in [2.75, 3.05) is 46.9 Å². The van der Waals surface area contributed by atoms with E-state index in [9.17, 15) is 4.79 Å². The van der Waals surface area contributed by atoms with E-state index in [1.807, 2.05) is 14.1 Å². The van der Waals surface area contributed by atoms with Gasteiger partial charge in [0.1, 0.15) is 0 Å². The quantitative estimate of drug-likeness (QED) is 0.549. The Kier molecular flexibility index (Phi) is 6.31. The van der Waals surface area contributed by atoms with Gasteiger partial charge in [0.25, 0.3) is 0 Å². The summed E-state index contributed by atoms with van der Waals surface area (Å²) in [5.74, 6) is 1.71. The number of likely N-dealkylation sites (N-methyl/N-ethyl adjacent to an activating group) is 1. The predicted octanol–water partition coefficient (Wildman–Crippen LogP) is 0.908. The lowest BCUT2D eigenvalue weighted by atomic mass is 9.57. The first-order valence-electron chi connectivity index (χ1n) is 10.4. The van der Waals surface area contributed by atoms with Gasteiger partial charge >= 0.3 is 0 Å². The second-order valence-electron chi connectivity index (χ2n) is 8.99. The van der Waals surface area contributed by atoms with Crippen LogP contribution in [0.5, 0.6) is 0 Å². The van der Waals surface area contributed by atoms with Gasteiger partial charge in [0, 0.05) is 63.8 Å². The fourth-order valence-electron chi connectivity index (χ4n) is 4.82. The molecule has 154 valence electrons.